The minimum Gasteiger partial charge on any atom is -0.380 e. The molecule has 0 saturated carbocycles. The van der Waals surface area contributed by atoms with Gasteiger partial charge in [-0.1, -0.05) is 13.8 Å². The molecular formula is C17H33N3O3. The van der Waals surface area contributed by atoms with Crippen molar-refractivity contribution in [2.45, 2.75) is 45.3 Å². The molecular weight excluding hydrogens is 294 g/mol. The van der Waals surface area contributed by atoms with Crippen LogP contribution in [0.4, 0.5) is 0 Å². The van der Waals surface area contributed by atoms with Crippen molar-refractivity contribution >= 4 is 5.96 Å². The molecule has 0 aromatic rings. The standard InChI is InChI=1S/C17H33N3O3/c1-14(2)6-10-21-11-7-19-17(18-3)20-8-12-23-16(13-20)15-5-4-9-22-15/h14-16H,4-13H2,1-3H3,(H,18,19). The van der Waals surface area contributed by atoms with Crippen molar-refractivity contribution in [1.29, 1.82) is 0 Å². The normalized spacial score (nSPS) is 26.1. The highest BCUT2D eigenvalue weighted by Gasteiger charge is 2.32. The van der Waals surface area contributed by atoms with E-state index in [1.807, 2.05) is 7.05 Å². The fourth-order valence-electron chi connectivity index (χ4n) is 2.98. The second kappa shape index (κ2) is 10.1. The molecule has 0 spiro atoms. The van der Waals surface area contributed by atoms with Crippen LogP contribution in [0.5, 0.6) is 0 Å². The maximum atomic E-state index is 5.89. The van der Waals surface area contributed by atoms with Gasteiger partial charge in [0.15, 0.2) is 5.96 Å². The van der Waals surface area contributed by atoms with E-state index in [1.54, 1.807) is 0 Å². The molecule has 0 aromatic carbocycles. The van der Waals surface area contributed by atoms with Crippen LogP contribution in [0.1, 0.15) is 33.1 Å². The third-order valence-corrected chi connectivity index (χ3v) is 4.35. The van der Waals surface area contributed by atoms with Crippen LogP contribution in [0.15, 0.2) is 4.99 Å². The second-order valence-corrected chi connectivity index (χ2v) is 6.68. The summed E-state index contributed by atoms with van der Waals surface area (Å²) in [6.07, 6.45) is 3.77. The first kappa shape index (κ1) is 18.5. The van der Waals surface area contributed by atoms with Gasteiger partial charge in [-0.3, -0.25) is 4.99 Å². The van der Waals surface area contributed by atoms with Crippen molar-refractivity contribution in [1.82, 2.24) is 10.2 Å². The largest absolute Gasteiger partial charge is 0.380 e. The van der Waals surface area contributed by atoms with Crippen LogP contribution in [0.25, 0.3) is 0 Å². The smallest absolute Gasteiger partial charge is 0.193 e. The highest BCUT2D eigenvalue weighted by molar-refractivity contribution is 5.80. The predicted molar refractivity (Wildman–Crippen MR) is 91.9 cm³/mol. The average Bonchev–Trinajstić information content (AvgIpc) is 3.08. The molecule has 0 radical (unpaired) electrons. The summed E-state index contributed by atoms with van der Waals surface area (Å²) in [5, 5.41) is 3.39. The number of morpholine rings is 1. The van der Waals surface area contributed by atoms with Crippen molar-refractivity contribution in [2.24, 2.45) is 10.9 Å². The molecule has 0 bridgehead atoms. The summed E-state index contributed by atoms with van der Waals surface area (Å²) < 4.78 is 17.3. The van der Waals surface area contributed by atoms with E-state index >= 15 is 0 Å². The van der Waals surface area contributed by atoms with E-state index < -0.39 is 0 Å². The molecule has 2 aliphatic rings. The predicted octanol–water partition coefficient (Wildman–Crippen LogP) is 1.50. The zero-order chi connectivity index (χ0) is 16.5. The summed E-state index contributed by atoms with van der Waals surface area (Å²) in [7, 11) is 1.83. The van der Waals surface area contributed by atoms with E-state index in [9.17, 15) is 0 Å². The number of hydrogen-bond donors (Lipinski definition) is 1. The van der Waals surface area contributed by atoms with Gasteiger partial charge in [-0.25, -0.2) is 0 Å². The van der Waals surface area contributed by atoms with Crippen molar-refractivity contribution in [3.8, 4) is 0 Å². The van der Waals surface area contributed by atoms with E-state index in [-0.39, 0.29) is 12.2 Å². The number of nitrogens with one attached hydrogen (secondary N) is 1. The van der Waals surface area contributed by atoms with Gasteiger partial charge in [0.25, 0.3) is 0 Å². The lowest BCUT2D eigenvalue weighted by Gasteiger charge is -2.37. The Balaban J connectivity index is 1.68. The third-order valence-electron chi connectivity index (χ3n) is 4.35. The molecule has 23 heavy (non-hydrogen) atoms. The van der Waals surface area contributed by atoms with Gasteiger partial charge < -0.3 is 24.4 Å². The molecule has 2 unspecified atom stereocenters. The van der Waals surface area contributed by atoms with Crippen LogP contribution < -0.4 is 5.32 Å². The molecule has 2 rings (SSSR count). The summed E-state index contributed by atoms with van der Waals surface area (Å²) >= 11 is 0. The third kappa shape index (κ3) is 6.28. The Kier molecular flexibility index (Phi) is 8.12. The minimum absolute atomic E-state index is 0.159. The molecule has 134 valence electrons. The van der Waals surface area contributed by atoms with Gasteiger partial charge in [-0.2, -0.15) is 0 Å². The Bertz CT molecular complexity index is 357. The molecule has 2 aliphatic heterocycles. The molecule has 0 amide bonds. The van der Waals surface area contributed by atoms with Gasteiger partial charge in [0.1, 0.15) is 6.10 Å². The van der Waals surface area contributed by atoms with Gasteiger partial charge in [0.2, 0.25) is 0 Å². The average molecular weight is 327 g/mol. The van der Waals surface area contributed by atoms with E-state index in [4.69, 9.17) is 14.2 Å². The van der Waals surface area contributed by atoms with Crippen molar-refractivity contribution in [2.75, 3.05) is 53.1 Å². The minimum atomic E-state index is 0.159. The maximum absolute atomic E-state index is 5.89. The van der Waals surface area contributed by atoms with E-state index in [0.717, 1.165) is 64.7 Å². The molecule has 2 saturated heterocycles. The lowest BCUT2D eigenvalue weighted by atomic mass is 10.1. The highest BCUT2D eigenvalue weighted by Crippen LogP contribution is 2.20. The van der Waals surface area contributed by atoms with Gasteiger partial charge >= 0.3 is 0 Å². The number of nitrogens with zero attached hydrogens (tertiary/aromatic N) is 2. The molecule has 2 atom stereocenters. The first-order valence-corrected chi connectivity index (χ1v) is 8.97. The Labute approximate surface area is 140 Å². The van der Waals surface area contributed by atoms with Gasteiger partial charge in [0, 0.05) is 39.9 Å². The molecule has 1 N–H and O–H groups in total. The molecule has 0 aromatic heterocycles. The summed E-state index contributed by atoms with van der Waals surface area (Å²) in [4.78, 5) is 6.67. The Morgan fingerprint density at radius 3 is 2.78 bits per heavy atom. The summed E-state index contributed by atoms with van der Waals surface area (Å²) in [5.74, 6) is 1.63. The van der Waals surface area contributed by atoms with E-state index in [1.165, 1.54) is 0 Å². The summed E-state index contributed by atoms with van der Waals surface area (Å²) in [5.41, 5.74) is 0. The van der Waals surface area contributed by atoms with Crippen LogP contribution in [0, 0.1) is 5.92 Å². The highest BCUT2D eigenvalue weighted by atomic mass is 16.5. The maximum Gasteiger partial charge on any atom is 0.193 e. The van der Waals surface area contributed by atoms with Gasteiger partial charge in [-0.05, 0) is 25.2 Å². The molecule has 6 nitrogen and oxygen atoms in total. The first-order chi connectivity index (χ1) is 11.2. The fourth-order valence-corrected chi connectivity index (χ4v) is 2.98. The number of guanidine groups is 1. The van der Waals surface area contributed by atoms with Crippen LogP contribution >= 0.6 is 0 Å². The number of hydrogen-bond acceptors (Lipinski definition) is 4. The SMILES string of the molecule is CN=C(NCCOCCC(C)C)N1CCOC(C2CCCO2)C1. The van der Waals surface area contributed by atoms with E-state index in [2.05, 4.69) is 29.1 Å². The quantitative estimate of drug-likeness (QED) is 0.436. The van der Waals surface area contributed by atoms with Gasteiger partial charge in [-0.15, -0.1) is 0 Å². The Hall–Kier alpha value is -0.850. The Morgan fingerprint density at radius 1 is 1.26 bits per heavy atom. The molecule has 2 fully saturated rings. The summed E-state index contributed by atoms with van der Waals surface area (Å²) in [6.45, 7) is 10.1. The zero-order valence-electron chi connectivity index (χ0n) is 14.9. The lowest BCUT2D eigenvalue weighted by molar-refractivity contribution is -0.0817. The monoisotopic (exact) mass is 327 g/mol. The van der Waals surface area contributed by atoms with Crippen molar-refractivity contribution in [3.05, 3.63) is 0 Å². The zero-order valence-corrected chi connectivity index (χ0v) is 14.9. The number of ether oxygens (including phenoxy) is 3. The topological polar surface area (TPSA) is 55.3 Å². The Morgan fingerprint density at radius 2 is 2.09 bits per heavy atom. The summed E-state index contributed by atoms with van der Waals surface area (Å²) in [6, 6.07) is 0. The van der Waals surface area contributed by atoms with Crippen LogP contribution in [0.2, 0.25) is 0 Å². The van der Waals surface area contributed by atoms with Crippen LogP contribution in [-0.2, 0) is 14.2 Å². The first-order valence-electron chi connectivity index (χ1n) is 8.97. The molecule has 2 heterocycles. The van der Waals surface area contributed by atoms with E-state index in [0.29, 0.717) is 12.5 Å². The fraction of sp³-hybridized carbons (Fsp3) is 0.941. The number of aliphatic imine (C=N–C) groups is 1. The van der Waals surface area contributed by atoms with Crippen LogP contribution in [0.3, 0.4) is 0 Å². The van der Waals surface area contributed by atoms with Crippen molar-refractivity contribution < 1.29 is 14.2 Å². The van der Waals surface area contributed by atoms with Gasteiger partial charge in [0.05, 0.1) is 19.3 Å². The molecule has 6 heteroatoms. The second-order valence-electron chi connectivity index (χ2n) is 6.68. The number of rotatable bonds is 7. The van der Waals surface area contributed by atoms with Crippen molar-refractivity contribution in [3.63, 3.8) is 0 Å². The lowest BCUT2D eigenvalue weighted by Crippen LogP contribution is -2.53. The molecule has 0 aliphatic carbocycles. The van der Waals surface area contributed by atoms with Crippen LogP contribution in [-0.4, -0.2) is 76.2 Å².